The van der Waals surface area contributed by atoms with Crippen LogP contribution in [0, 0.1) is 20.8 Å². The van der Waals surface area contributed by atoms with Crippen molar-refractivity contribution in [2.45, 2.75) is 19.3 Å². The molecule has 1 aliphatic carbocycles. The first-order valence-electron chi connectivity index (χ1n) is 5.22. The summed E-state index contributed by atoms with van der Waals surface area (Å²) >= 11 is 0. The maximum absolute atomic E-state index is 9.52. The molecular formula is C14H18LiNO-2. The predicted molar refractivity (Wildman–Crippen MR) is 69.0 cm³/mol. The molecule has 0 bridgehead atoms. The van der Waals surface area contributed by atoms with Crippen LogP contribution in [-0.2, 0) is 6.42 Å². The van der Waals surface area contributed by atoms with Crippen LogP contribution in [0.2, 0.25) is 0 Å². The van der Waals surface area contributed by atoms with Crippen molar-refractivity contribution >= 4 is 10.9 Å². The van der Waals surface area contributed by atoms with Crippen LogP contribution in [0.3, 0.4) is 0 Å². The third-order valence-corrected chi connectivity index (χ3v) is 2.32. The number of hydrogen-bond donors (Lipinski definition) is 2. The van der Waals surface area contributed by atoms with E-state index in [-0.39, 0.29) is 26.3 Å². The molecule has 17 heavy (non-hydrogen) atoms. The molecule has 1 aromatic carbocycles. The first-order valence-corrected chi connectivity index (χ1v) is 5.22. The van der Waals surface area contributed by atoms with E-state index >= 15 is 0 Å². The summed E-state index contributed by atoms with van der Waals surface area (Å²) in [5.41, 5.74) is 2.02. The van der Waals surface area contributed by atoms with E-state index in [4.69, 9.17) is 0 Å². The summed E-state index contributed by atoms with van der Waals surface area (Å²) in [4.78, 5) is 3.08. The number of aromatic amines is 1. The summed E-state index contributed by atoms with van der Waals surface area (Å²) in [6.07, 6.45) is 7.58. The Labute approximate surface area is 116 Å². The number of nitrogens with one attached hydrogen (secondary N) is 1. The molecule has 0 spiro atoms. The molecule has 1 fully saturated rings. The number of fused-ring (bicyclic) bond motifs is 1. The standard InChI is InChI=1S/C10H10NO.C3H5.CH3.Li/c1-2-7-6-11-8-4-3-5-9(12)10(7)8;1-2-3-1;;/h3-6,11-12H,1-2H2;1H,2-3H2;1H3;/q3*-1;+1. The molecule has 0 atom stereocenters. The van der Waals surface area contributed by atoms with Gasteiger partial charge < -0.3 is 30.9 Å². The third-order valence-electron chi connectivity index (χ3n) is 2.32. The Bertz CT molecular complexity index is 446. The number of H-pyrrole nitrogens is 1. The van der Waals surface area contributed by atoms with Crippen LogP contribution in [0.1, 0.15) is 18.4 Å². The van der Waals surface area contributed by atoms with Gasteiger partial charge in [-0.05, 0) is 17.7 Å². The van der Waals surface area contributed by atoms with Crippen molar-refractivity contribution in [3.8, 4) is 5.75 Å². The van der Waals surface area contributed by atoms with Gasteiger partial charge in [-0.3, -0.25) is 0 Å². The summed E-state index contributed by atoms with van der Waals surface area (Å²) in [5.74, 6) is 0.326. The molecule has 88 valence electrons. The second-order valence-electron chi connectivity index (χ2n) is 3.63. The van der Waals surface area contributed by atoms with Crippen LogP contribution < -0.4 is 18.9 Å². The SMILES string of the molecule is [CH-]1CC1.[CH2-]Cc1c[nH]c2cccc(O)c12.[CH3-].[Li+]. The zero-order valence-electron chi connectivity index (χ0n) is 10.7. The number of hydrogen-bond acceptors (Lipinski definition) is 1. The van der Waals surface area contributed by atoms with Crippen LogP contribution >= 0.6 is 0 Å². The largest absolute Gasteiger partial charge is 1.00 e. The van der Waals surface area contributed by atoms with Crippen molar-refractivity contribution in [1.82, 2.24) is 4.98 Å². The molecule has 3 rings (SSSR count). The monoisotopic (exact) mass is 223 g/mol. The van der Waals surface area contributed by atoms with Gasteiger partial charge in [0.15, 0.2) is 0 Å². The van der Waals surface area contributed by atoms with E-state index < -0.39 is 0 Å². The summed E-state index contributed by atoms with van der Waals surface area (Å²) in [6, 6.07) is 5.45. The van der Waals surface area contributed by atoms with E-state index in [9.17, 15) is 5.11 Å². The molecule has 3 heteroatoms. The third kappa shape index (κ3) is 4.15. The van der Waals surface area contributed by atoms with Crippen molar-refractivity contribution < 1.29 is 24.0 Å². The molecule has 2 aromatic rings. The minimum atomic E-state index is 0. The normalized spacial score (nSPS) is 11.8. The topological polar surface area (TPSA) is 36.0 Å². The Morgan fingerprint density at radius 3 is 2.53 bits per heavy atom. The number of phenolic OH excluding ortho intramolecular Hbond substituents is 1. The van der Waals surface area contributed by atoms with Crippen LogP contribution in [0.15, 0.2) is 24.4 Å². The van der Waals surface area contributed by atoms with Crippen molar-refractivity contribution in [2.24, 2.45) is 0 Å². The molecule has 1 aliphatic rings. The van der Waals surface area contributed by atoms with E-state index in [0.29, 0.717) is 12.2 Å². The molecule has 0 unspecified atom stereocenters. The van der Waals surface area contributed by atoms with Gasteiger partial charge in [0.25, 0.3) is 0 Å². The quantitative estimate of drug-likeness (QED) is 0.541. The number of benzene rings is 1. The minimum absolute atomic E-state index is 0. The molecule has 2 N–H and O–H groups in total. The summed E-state index contributed by atoms with van der Waals surface area (Å²) in [7, 11) is 0. The average Bonchev–Trinajstić information content (AvgIpc) is 3.06. The fraction of sp³-hybridized carbons (Fsp3) is 0.214. The van der Waals surface area contributed by atoms with Crippen molar-refractivity contribution in [2.75, 3.05) is 0 Å². The van der Waals surface area contributed by atoms with Gasteiger partial charge >= 0.3 is 18.9 Å². The number of aromatic hydroxyl groups is 1. The summed E-state index contributed by atoms with van der Waals surface area (Å²) in [6.45, 7) is 3.79. The molecule has 2 nitrogen and oxygen atoms in total. The van der Waals surface area contributed by atoms with Crippen molar-refractivity contribution in [3.05, 3.63) is 50.7 Å². The first-order chi connectivity index (χ1) is 7.33. The van der Waals surface area contributed by atoms with E-state index in [0.717, 1.165) is 16.5 Å². The van der Waals surface area contributed by atoms with Gasteiger partial charge in [-0.2, -0.15) is 6.42 Å². The Hall–Kier alpha value is -0.843. The predicted octanol–water partition coefficient (Wildman–Crippen LogP) is 0.689. The Morgan fingerprint density at radius 2 is 2.00 bits per heavy atom. The van der Waals surface area contributed by atoms with Crippen LogP contribution in [0.5, 0.6) is 5.75 Å². The van der Waals surface area contributed by atoms with Gasteiger partial charge in [0.1, 0.15) is 5.75 Å². The van der Waals surface area contributed by atoms with Gasteiger partial charge in [0.2, 0.25) is 0 Å². The van der Waals surface area contributed by atoms with E-state index in [1.807, 2.05) is 18.3 Å². The maximum atomic E-state index is 9.52. The van der Waals surface area contributed by atoms with Gasteiger partial charge in [-0.25, -0.2) is 12.8 Å². The van der Waals surface area contributed by atoms with Gasteiger partial charge in [0, 0.05) is 17.1 Å². The minimum Gasteiger partial charge on any atom is -0.507 e. The van der Waals surface area contributed by atoms with Crippen molar-refractivity contribution in [1.29, 1.82) is 0 Å². The Balaban J connectivity index is 0.000000450. The zero-order chi connectivity index (χ0) is 10.7. The number of aromatic nitrogens is 1. The Kier molecular flexibility index (Phi) is 7.11. The molecule has 0 radical (unpaired) electrons. The van der Waals surface area contributed by atoms with Gasteiger partial charge in [-0.15, -0.1) is 0 Å². The molecule has 1 aromatic heterocycles. The maximum Gasteiger partial charge on any atom is 1.00 e. The molecule has 0 amide bonds. The van der Waals surface area contributed by atoms with Crippen LogP contribution in [0.4, 0.5) is 0 Å². The van der Waals surface area contributed by atoms with Crippen LogP contribution in [-0.4, -0.2) is 10.1 Å². The number of phenols is 1. The molecule has 1 saturated carbocycles. The van der Waals surface area contributed by atoms with E-state index in [1.165, 1.54) is 12.8 Å². The second kappa shape index (κ2) is 7.48. The number of rotatable bonds is 1. The Morgan fingerprint density at radius 1 is 1.35 bits per heavy atom. The van der Waals surface area contributed by atoms with Crippen molar-refractivity contribution in [3.63, 3.8) is 0 Å². The fourth-order valence-corrected chi connectivity index (χ4v) is 1.43. The molecule has 0 saturated heterocycles. The van der Waals surface area contributed by atoms with Crippen LogP contribution in [0.25, 0.3) is 10.9 Å². The van der Waals surface area contributed by atoms with Gasteiger partial charge in [-0.1, -0.05) is 6.07 Å². The average molecular weight is 223 g/mol. The van der Waals surface area contributed by atoms with E-state index in [1.54, 1.807) is 6.07 Å². The molecule has 1 heterocycles. The smallest absolute Gasteiger partial charge is 0.507 e. The molecule has 0 aliphatic heterocycles. The summed E-state index contributed by atoms with van der Waals surface area (Å²) < 4.78 is 0. The van der Waals surface area contributed by atoms with E-state index in [2.05, 4.69) is 18.3 Å². The summed E-state index contributed by atoms with van der Waals surface area (Å²) in [5, 5.41) is 10.4. The molecular weight excluding hydrogens is 205 g/mol. The second-order valence-corrected chi connectivity index (χ2v) is 3.63. The fourth-order valence-electron chi connectivity index (χ4n) is 1.43. The van der Waals surface area contributed by atoms with Gasteiger partial charge in [0.05, 0.1) is 0 Å². The zero-order valence-corrected chi connectivity index (χ0v) is 10.7. The first kappa shape index (κ1) is 16.2.